The molecule has 0 radical (unpaired) electrons. The van der Waals surface area contributed by atoms with Crippen molar-refractivity contribution in [1.29, 1.82) is 0 Å². The van der Waals surface area contributed by atoms with Crippen LogP contribution in [0.2, 0.25) is 0 Å². The van der Waals surface area contributed by atoms with E-state index in [0.29, 0.717) is 0 Å². The van der Waals surface area contributed by atoms with Gasteiger partial charge in [0.25, 0.3) is 0 Å². The van der Waals surface area contributed by atoms with E-state index in [9.17, 15) is 9.90 Å². The van der Waals surface area contributed by atoms with Gasteiger partial charge in [0.2, 0.25) is 0 Å². The largest absolute Gasteiger partial charge is 0.444 e. The van der Waals surface area contributed by atoms with Crippen LogP contribution in [0.3, 0.4) is 0 Å². The Labute approximate surface area is 259 Å². The molecule has 0 saturated carbocycles. The number of amides is 1. The molecule has 0 bridgehead atoms. The number of hydrogen-bond donors (Lipinski definition) is 2. The van der Waals surface area contributed by atoms with Crippen LogP contribution in [0, 0.1) is 0 Å². The van der Waals surface area contributed by atoms with Crippen LogP contribution in [0.1, 0.15) is 43.0 Å². The molecule has 2 N–H and O–H groups in total. The van der Waals surface area contributed by atoms with Crippen LogP contribution in [0.25, 0.3) is 0 Å². The van der Waals surface area contributed by atoms with Crippen molar-refractivity contribution in [3.8, 4) is 0 Å². The average molecular weight is 596 g/mol. The van der Waals surface area contributed by atoms with Crippen molar-refractivity contribution in [2.45, 2.75) is 63.0 Å². The zero-order valence-electron chi connectivity index (χ0n) is 25.5. The Kier molecular flexibility index (Phi) is 10.1. The van der Waals surface area contributed by atoms with E-state index in [2.05, 4.69) is 5.32 Å². The van der Waals surface area contributed by atoms with Crippen LogP contribution in [-0.2, 0) is 31.2 Å². The molecule has 5 rings (SSSR count). The van der Waals surface area contributed by atoms with E-state index in [4.69, 9.17) is 18.9 Å². The van der Waals surface area contributed by atoms with Crippen molar-refractivity contribution in [2.75, 3.05) is 13.2 Å². The van der Waals surface area contributed by atoms with Gasteiger partial charge in [0.05, 0.1) is 13.2 Å². The van der Waals surface area contributed by atoms with Gasteiger partial charge >= 0.3 is 6.09 Å². The molecule has 1 aliphatic rings. The van der Waals surface area contributed by atoms with Gasteiger partial charge in [-0.05, 0) is 43.0 Å². The van der Waals surface area contributed by atoms with Gasteiger partial charge in [0, 0.05) is 6.54 Å². The molecule has 1 fully saturated rings. The van der Waals surface area contributed by atoms with Gasteiger partial charge in [0.15, 0.2) is 0 Å². The van der Waals surface area contributed by atoms with E-state index in [1.807, 2.05) is 121 Å². The summed E-state index contributed by atoms with van der Waals surface area (Å²) in [6.07, 6.45) is -3.64. The van der Waals surface area contributed by atoms with E-state index in [1.54, 1.807) is 20.8 Å². The fourth-order valence-electron chi connectivity index (χ4n) is 5.56. The minimum Gasteiger partial charge on any atom is -0.444 e. The quantitative estimate of drug-likeness (QED) is 0.200. The third-order valence-corrected chi connectivity index (χ3v) is 7.57. The summed E-state index contributed by atoms with van der Waals surface area (Å²) in [6.45, 7) is 5.86. The van der Waals surface area contributed by atoms with Gasteiger partial charge in [-0.25, -0.2) is 4.79 Å². The van der Waals surface area contributed by atoms with E-state index in [1.165, 1.54) is 0 Å². The number of ether oxygens (including phenoxy) is 4. The first-order valence-electron chi connectivity index (χ1n) is 15.0. The van der Waals surface area contributed by atoms with Gasteiger partial charge < -0.3 is 29.4 Å². The first kappa shape index (κ1) is 31.4. The molecule has 7 nitrogen and oxygen atoms in total. The summed E-state index contributed by atoms with van der Waals surface area (Å²) in [7, 11) is 0. The molecule has 0 aliphatic carbocycles. The molecule has 230 valence electrons. The molecular weight excluding hydrogens is 554 g/mol. The molecule has 4 aromatic carbocycles. The van der Waals surface area contributed by atoms with Crippen LogP contribution >= 0.6 is 0 Å². The molecule has 1 aliphatic heterocycles. The highest BCUT2D eigenvalue weighted by Crippen LogP contribution is 2.41. The zero-order chi connectivity index (χ0) is 31.0. The van der Waals surface area contributed by atoms with E-state index in [0.717, 1.165) is 22.3 Å². The van der Waals surface area contributed by atoms with Crippen molar-refractivity contribution < 1.29 is 28.8 Å². The summed E-state index contributed by atoms with van der Waals surface area (Å²) in [4.78, 5) is 12.5. The fraction of sp³-hybridized carbons (Fsp3) is 0.324. The molecule has 0 unspecified atom stereocenters. The van der Waals surface area contributed by atoms with Crippen molar-refractivity contribution >= 4 is 6.09 Å². The molecule has 1 heterocycles. The summed E-state index contributed by atoms with van der Waals surface area (Å²) < 4.78 is 25.0. The van der Waals surface area contributed by atoms with Gasteiger partial charge in [-0.15, -0.1) is 0 Å². The monoisotopic (exact) mass is 595 g/mol. The number of alkyl carbamates (subject to hydrolysis) is 1. The Bertz CT molecular complexity index is 1350. The van der Waals surface area contributed by atoms with Gasteiger partial charge in [-0.3, -0.25) is 0 Å². The number of carbonyl (C=O) groups excluding carboxylic acids is 1. The van der Waals surface area contributed by atoms with E-state index in [-0.39, 0.29) is 19.8 Å². The lowest BCUT2D eigenvalue weighted by molar-refractivity contribution is -0.0820. The Morgan fingerprint density at radius 2 is 1.23 bits per heavy atom. The molecule has 1 amide bonds. The molecule has 0 spiro atoms. The van der Waals surface area contributed by atoms with E-state index >= 15 is 0 Å². The maximum atomic E-state index is 12.5. The van der Waals surface area contributed by atoms with E-state index < -0.39 is 41.7 Å². The molecule has 1 saturated heterocycles. The summed E-state index contributed by atoms with van der Waals surface area (Å²) in [5.74, 6) is 0. The second kappa shape index (κ2) is 14.2. The second-order valence-corrected chi connectivity index (χ2v) is 11.9. The lowest BCUT2D eigenvalue weighted by Crippen LogP contribution is -2.43. The highest BCUT2D eigenvalue weighted by Gasteiger charge is 2.47. The normalized spacial score (nSPS) is 20.3. The summed E-state index contributed by atoms with van der Waals surface area (Å²) in [6, 6.07) is 39.9. The number of aliphatic hydroxyl groups excluding tert-OH is 1. The topological polar surface area (TPSA) is 86.3 Å². The van der Waals surface area contributed by atoms with Crippen LogP contribution in [0.5, 0.6) is 0 Å². The number of aliphatic hydroxyl groups is 1. The minimum atomic E-state index is -1.01. The zero-order valence-corrected chi connectivity index (χ0v) is 25.5. The Hall–Kier alpha value is -4.01. The molecular formula is C37H41NO6. The Morgan fingerprint density at radius 1 is 0.750 bits per heavy atom. The number of benzene rings is 4. The van der Waals surface area contributed by atoms with Crippen molar-refractivity contribution in [3.05, 3.63) is 144 Å². The maximum absolute atomic E-state index is 12.5. The molecule has 44 heavy (non-hydrogen) atoms. The maximum Gasteiger partial charge on any atom is 0.407 e. The number of carbonyl (C=O) groups is 1. The third-order valence-electron chi connectivity index (χ3n) is 7.57. The van der Waals surface area contributed by atoms with Crippen molar-refractivity contribution in [2.24, 2.45) is 0 Å². The highest BCUT2D eigenvalue weighted by atomic mass is 16.6. The van der Waals surface area contributed by atoms with Crippen LogP contribution < -0.4 is 5.32 Å². The summed E-state index contributed by atoms with van der Waals surface area (Å²) in [5.41, 5.74) is 2.20. The first-order valence-corrected chi connectivity index (χ1v) is 15.0. The predicted molar refractivity (Wildman–Crippen MR) is 169 cm³/mol. The molecule has 7 heteroatoms. The Morgan fingerprint density at radius 3 is 1.70 bits per heavy atom. The van der Waals surface area contributed by atoms with Crippen LogP contribution in [0.15, 0.2) is 121 Å². The third kappa shape index (κ3) is 7.55. The van der Waals surface area contributed by atoms with Gasteiger partial charge in [0.1, 0.15) is 35.6 Å². The second-order valence-electron chi connectivity index (χ2n) is 11.9. The standard InChI is InChI=1S/C37H41NO6/c1-36(2,3)44-35(40)38-24-31-34(41-25-27-16-8-4-9-17-27)33(39)32(43-31)26-42-37(28-18-10-5-11-19-28,29-20-12-6-13-21-29)30-22-14-7-15-23-30/h4-23,31-34,39H,24-26H2,1-3H3,(H,38,40)/t31-,32+,33-,34-/m1/s1. The summed E-state index contributed by atoms with van der Waals surface area (Å²) >= 11 is 0. The number of nitrogens with one attached hydrogen (secondary N) is 1. The summed E-state index contributed by atoms with van der Waals surface area (Å²) in [5, 5.41) is 14.4. The lowest BCUT2D eigenvalue weighted by atomic mass is 9.80. The molecule has 0 aromatic heterocycles. The van der Waals surface area contributed by atoms with Gasteiger partial charge in [-0.1, -0.05) is 121 Å². The predicted octanol–water partition coefficient (Wildman–Crippen LogP) is 6.23. The first-order chi connectivity index (χ1) is 21.3. The van der Waals surface area contributed by atoms with Gasteiger partial charge in [-0.2, -0.15) is 0 Å². The van der Waals surface area contributed by atoms with Crippen molar-refractivity contribution in [1.82, 2.24) is 5.32 Å². The smallest absolute Gasteiger partial charge is 0.407 e. The number of hydrogen-bond acceptors (Lipinski definition) is 6. The SMILES string of the molecule is CC(C)(C)OC(=O)NC[C@H]1O[C@@H](COC(c2ccccc2)(c2ccccc2)c2ccccc2)[C@@H](O)[C@@H]1OCc1ccccc1. The van der Waals surface area contributed by atoms with Crippen LogP contribution in [-0.4, -0.2) is 54.4 Å². The molecule has 4 aromatic rings. The lowest BCUT2D eigenvalue weighted by Gasteiger charge is -2.37. The minimum absolute atomic E-state index is 0.0635. The fourth-order valence-corrected chi connectivity index (χ4v) is 5.56. The Balaban J connectivity index is 1.41. The highest BCUT2D eigenvalue weighted by molar-refractivity contribution is 5.67. The van der Waals surface area contributed by atoms with Crippen molar-refractivity contribution in [3.63, 3.8) is 0 Å². The van der Waals surface area contributed by atoms with Crippen LogP contribution in [0.4, 0.5) is 4.79 Å². The molecule has 4 atom stereocenters. The number of rotatable bonds is 11. The average Bonchev–Trinajstić information content (AvgIpc) is 3.34.